The molecule has 4 rings (SSSR count). The van der Waals surface area contributed by atoms with Gasteiger partial charge < -0.3 is 9.73 Å². The summed E-state index contributed by atoms with van der Waals surface area (Å²) in [4.78, 5) is 21.2. The number of sulfone groups is 1. The van der Waals surface area contributed by atoms with Crippen molar-refractivity contribution in [1.29, 1.82) is 0 Å². The summed E-state index contributed by atoms with van der Waals surface area (Å²) in [6.07, 6.45) is 3.42. The molecule has 9 heteroatoms. The van der Waals surface area contributed by atoms with Crippen molar-refractivity contribution in [3.05, 3.63) is 70.8 Å². The first-order valence-corrected chi connectivity index (χ1v) is 11.0. The van der Waals surface area contributed by atoms with Gasteiger partial charge in [-0.3, -0.25) is 9.78 Å². The van der Waals surface area contributed by atoms with Crippen molar-refractivity contribution in [2.24, 2.45) is 0 Å². The molecule has 0 unspecified atom stereocenters. The lowest BCUT2D eigenvalue weighted by atomic mass is 10.2. The average molecular weight is 428 g/mol. The molecule has 1 N–H and O–H groups in total. The molecule has 0 atom stereocenters. The topological polar surface area (TPSA) is 102 Å². The highest BCUT2D eigenvalue weighted by Crippen LogP contribution is 2.26. The Morgan fingerprint density at radius 3 is 2.59 bits per heavy atom. The zero-order chi connectivity index (χ0) is 20.6. The Morgan fingerprint density at radius 1 is 1.17 bits per heavy atom. The van der Waals surface area contributed by atoms with Crippen LogP contribution in [0.15, 0.2) is 63.2 Å². The second-order valence-corrected chi connectivity index (χ2v) is 9.39. The summed E-state index contributed by atoms with van der Waals surface area (Å²) in [5.74, 6) is 0.119. The maximum atomic E-state index is 12.7. The molecule has 0 radical (unpaired) electrons. The van der Waals surface area contributed by atoms with E-state index in [-0.39, 0.29) is 22.4 Å². The third kappa shape index (κ3) is 3.79. The van der Waals surface area contributed by atoms with Crippen molar-refractivity contribution >= 4 is 37.2 Å². The van der Waals surface area contributed by atoms with E-state index in [9.17, 15) is 13.2 Å². The minimum Gasteiger partial charge on any atom is -0.429 e. The number of carbonyl (C=O) groups excluding carboxylic acids is 1. The summed E-state index contributed by atoms with van der Waals surface area (Å²) in [7, 11) is -3.78. The first-order chi connectivity index (χ1) is 13.8. The number of amides is 1. The van der Waals surface area contributed by atoms with Crippen molar-refractivity contribution in [2.75, 3.05) is 0 Å². The number of hydrogen-bond acceptors (Lipinski definition) is 7. The number of aromatic nitrogens is 2. The highest BCUT2D eigenvalue weighted by atomic mass is 32.2. The van der Waals surface area contributed by atoms with Gasteiger partial charge in [-0.15, -0.1) is 11.3 Å². The van der Waals surface area contributed by atoms with Gasteiger partial charge in [-0.2, -0.15) is 0 Å². The SMILES string of the molecule is Cc1nc(C)c(S(=O)(=O)c2ccc(CNC(=O)c3cc4ccncc4s3)cc2)o1. The highest BCUT2D eigenvalue weighted by molar-refractivity contribution is 7.91. The van der Waals surface area contributed by atoms with Crippen molar-refractivity contribution < 1.29 is 17.6 Å². The predicted octanol–water partition coefficient (Wildman–Crippen LogP) is 3.66. The molecule has 4 aromatic rings. The number of benzene rings is 1. The summed E-state index contributed by atoms with van der Waals surface area (Å²) in [6, 6.07) is 10.0. The Hall–Kier alpha value is -3.04. The number of nitrogens with one attached hydrogen (secondary N) is 1. The van der Waals surface area contributed by atoms with Crippen LogP contribution in [-0.2, 0) is 16.4 Å². The molecule has 0 bridgehead atoms. The van der Waals surface area contributed by atoms with Crippen LogP contribution in [0, 0.1) is 13.8 Å². The van der Waals surface area contributed by atoms with Crippen LogP contribution in [0.1, 0.15) is 26.8 Å². The summed E-state index contributed by atoms with van der Waals surface area (Å²) in [6.45, 7) is 3.48. The van der Waals surface area contributed by atoms with Gasteiger partial charge in [0, 0.05) is 25.9 Å². The lowest BCUT2D eigenvalue weighted by Crippen LogP contribution is -2.21. The number of thiophene rings is 1. The van der Waals surface area contributed by atoms with E-state index in [1.807, 2.05) is 12.1 Å². The van der Waals surface area contributed by atoms with Crippen LogP contribution in [-0.4, -0.2) is 24.3 Å². The minimum absolute atomic E-state index is 0.115. The molecule has 0 aliphatic carbocycles. The molecular formula is C20H17N3O4S2. The Morgan fingerprint density at radius 2 is 1.93 bits per heavy atom. The molecule has 0 spiro atoms. The molecule has 0 fully saturated rings. The van der Waals surface area contributed by atoms with Crippen molar-refractivity contribution in [2.45, 2.75) is 30.4 Å². The van der Waals surface area contributed by atoms with Crippen LogP contribution >= 0.6 is 11.3 Å². The fourth-order valence-corrected chi connectivity index (χ4v) is 5.24. The van der Waals surface area contributed by atoms with Crippen molar-refractivity contribution in [3.8, 4) is 0 Å². The largest absolute Gasteiger partial charge is 0.429 e. The van der Waals surface area contributed by atoms with Gasteiger partial charge in [0.05, 0.1) is 20.2 Å². The van der Waals surface area contributed by atoms with Gasteiger partial charge in [0.25, 0.3) is 5.91 Å². The van der Waals surface area contributed by atoms with E-state index in [0.717, 1.165) is 15.6 Å². The third-order valence-electron chi connectivity index (χ3n) is 4.34. The molecule has 0 saturated heterocycles. The molecule has 148 valence electrons. The number of nitrogens with zero attached hydrogens (tertiary/aromatic N) is 2. The fourth-order valence-electron chi connectivity index (χ4n) is 2.92. The molecule has 29 heavy (non-hydrogen) atoms. The third-order valence-corrected chi connectivity index (χ3v) is 7.18. The molecule has 3 aromatic heterocycles. The average Bonchev–Trinajstić information content (AvgIpc) is 3.29. The lowest BCUT2D eigenvalue weighted by molar-refractivity contribution is 0.0955. The minimum atomic E-state index is -3.78. The van der Waals surface area contributed by atoms with E-state index in [1.165, 1.54) is 23.5 Å². The van der Waals surface area contributed by atoms with Crippen LogP contribution in [0.3, 0.4) is 0 Å². The van der Waals surface area contributed by atoms with Crippen LogP contribution in [0.5, 0.6) is 0 Å². The highest BCUT2D eigenvalue weighted by Gasteiger charge is 2.25. The quantitative estimate of drug-likeness (QED) is 0.521. The normalized spacial score (nSPS) is 11.7. The molecule has 7 nitrogen and oxygen atoms in total. The van der Waals surface area contributed by atoms with Crippen LogP contribution in [0.2, 0.25) is 0 Å². The van der Waals surface area contributed by atoms with E-state index >= 15 is 0 Å². The van der Waals surface area contributed by atoms with E-state index in [1.54, 1.807) is 38.4 Å². The van der Waals surface area contributed by atoms with Gasteiger partial charge in [-0.25, -0.2) is 13.4 Å². The molecule has 0 aliphatic heterocycles. The van der Waals surface area contributed by atoms with E-state index in [4.69, 9.17) is 4.42 Å². The Kier molecular flexibility index (Phi) is 4.93. The van der Waals surface area contributed by atoms with Gasteiger partial charge in [0.1, 0.15) is 0 Å². The summed E-state index contributed by atoms with van der Waals surface area (Å²) in [5.41, 5.74) is 1.11. The lowest BCUT2D eigenvalue weighted by Gasteiger charge is -2.06. The van der Waals surface area contributed by atoms with E-state index in [0.29, 0.717) is 16.5 Å². The Balaban J connectivity index is 1.47. The summed E-state index contributed by atoms with van der Waals surface area (Å²) < 4.78 is 31.6. The maximum absolute atomic E-state index is 12.7. The van der Waals surface area contributed by atoms with Gasteiger partial charge in [-0.05, 0) is 42.1 Å². The number of oxazole rings is 1. The summed E-state index contributed by atoms with van der Waals surface area (Å²) >= 11 is 1.38. The van der Waals surface area contributed by atoms with Gasteiger partial charge in [0.2, 0.25) is 14.9 Å². The number of hydrogen-bond donors (Lipinski definition) is 1. The standard InChI is InChI=1S/C20H17N3O4S2/c1-12-20(27-13(2)23-12)29(25,26)16-5-3-14(4-6-16)10-22-19(24)17-9-15-7-8-21-11-18(15)28-17/h3-9,11H,10H2,1-2H3,(H,22,24). The number of carbonyl (C=O) groups is 1. The molecular weight excluding hydrogens is 410 g/mol. The van der Waals surface area contributed by atoms with Crippen LogP contribution in [0.25, 0.3) is 10.1 Å². The smallest absolute Gasteiger partial charge is 0.261 e. The van der Waals surface area contributed by atoms with Gasteiger partial charge in [-0.1, -0.05) is 12.1 Å². The first kappa shape index (κ1) is 19.3. The molecule has 0 aliphatic rings. The molecule has 1 amide bonds. The molecule has 0 saturated carbocycles. The zero-order valence-electron chi connectivity index (χ0n) is 15.7. The Bertz CT molecular complexity index is 1270. The fraction of sp³-hybridized carbons (Fsp3) is 0.150. The molecule has 3 heterocycles. The zero-order valence-corrected chi connectivity index (χ0v) is 17.3. The van der Waals surface area contributed by atoms with Crippen molar-refractivity contribution in [1.82, 2.24) is 15.3 Å². The number of rotatable bonds is 5. The first-order valence-electron chi connectivity index (χ1n) is 8.74. The number of aryl methyl sites for hydroxylation is 2. The maximum Gasteiger partial charge on any atom is 0.261 e. The molecule has 1 aromatic carbocycles. The van der Waals surface area contributed by atoms with Crippen molar-refractivity contribution in [3.63, 3.8) is 0 Å². The van der Waals surface area contributed by atoms with Gasteiger partial charge >= 0.3 is 0 Å². The second-order valence-electron chi connectivity index (χ2n) is 6.46. The van der Waals surface area contributed by atoms with Gasteiger partial charge in [0.15, 0.2) is 5.89 Å². The Labute approximate surface area is 171 Å². The number of pyridine rings is 1. The van der Waals surface area contributed by atoms with Crippen LogP contribution < -0.4 is 5.32 Å². The van der Waals surface area contributed by atoms with Crippen LogP contribution in [0.4, 0.5) is 0 Å². The van der Waals surface area contributed by atoms with E-state index < -0.39 is 9.84 Å². The summed E-state index contributed by atoms with van der Waals surface area (Å²) in [5, 5.41) is 3.68. The van der Waals surface area contributed by atoms with E-state index in [2.05, 4.69) is 15.3 Å². The second kappa shape index (κ2) is 7.41. The number of fused-ring (bicyclic) bond motifs is 1. The monoisotopic (exact) mass is 427 g/mol. The predicted molar refractivity (Wildman–Crippen MR) is 109 cm³/mol.